The van der Waals surface area contributed by atoms with E-state index >= 15 is 13.2 Å². The summed E-state index contributed by atoms with van der Waals surface area (Å²) in [6.45, 7) is 7.02. The monoisotopic (exact) mass is 647 g/mol. The summed E-state index contributed by atoms with van der Waals surface area (Å²) in [6.07, 6.45) is 1.60. The van der Waals surface area contributed by atoms with E-state index < -0.39 is 77.2 Å². The van der Waals surface area contributed by atoms with Crippen LogP contribution in [0.2, 0.25) is 0 Å². The third-order valence-corrected chi connectivity index (χ3v) is 9.81. The number of halogens is 3. The Morgan fingerprint density at radius 1 is 1.11 bits per heavy atom. The van der Waals surface area contributed by atoms with Gasteiger partial charge >= 0.3 is 6.09 Å². The second kappa shape index (κ2) is 13.3. The molecule has 1 aliphatic carbocycles. The zero-order valence-corrected chi connectivity index (χ0v) is 27.1. The highest BCUT2D eigenvalue weighted by atomic mass is 19.3. The standard InChI is InChI=1S/C34H44F3N3O6/c1-6-21-24(18-41)40-17-26(21)45-30-27(28(35)22-14-13-20(44-5)16-23(22)38-30)34(36,37)15-8-7-10-19-11-9-12-25(19)46-32(43)39-29(31(40)42)33(2,3)4/h13-14,16,18-19,21,24-26,29H,6-12,15,17H2,1-5H3,(H,39,43)/t19-,21+,24-,25-,26+,29-/m1/s1. The van der Waals surface area contributed by atoms with Crippen molar-refractivity contribution in [3.8, 4) is 11.6 Å². The number of methoxy groups -OCH3 is 1. The Bertz CT molecular complexity index is 1460. The molecule has 1 N–H and O–H groups in total. The average Bonchev–Trinajstić information content (AvgIpc) is 3.59. The van der Waals surface area contributed by atoms with E-state index in [-0.39, 0.29) is 29.8 Å². The van der Waals surface area contributed by atoms with Gasteiger partial charge in [-0.1, -0.05) is 34.1 Å². The van der Waals surface area contributed by atoms with E-state index in [1.807, 2.05) is 0 Å². The number of benzene rings is 1. The number of carbonyl (C=O) groups is 3. The lowest BCUT2D eigenvalue weighted by Crippen LogP contribution is -2.56. The van der Waals surface area contributed by atoms with Gasteiger partial charge in [0, 0.05) is 23.8 Å². The molecule has 3 heterocycles. The number of carbonyl (C=O) groups excluding carboxylic acids is 3. The van der Waals surface area contributed by atoms with Crippen LogP contribution in [0.15, 0.2) is 18.2 Å². The first-order valence-electron chi connectivity index (χ1n) is 16.2. The molecular weight excluding hydrogens is 603 g/mol. The number of nitrogens with one attached hydrogen (secondary N) is 1. The maximum absolute atomic E-state index is 16.2. The number of nitrogens with zero attached hydrogens (tertiary/aromatic N) is 2. The molecule has 2 amide bonds. The minimum Gasteiger partial charge on any atom is -0.497 e. The van der Waals surface area contributed by atoms with Crippen LogP contribution in [0.4, 0.5) is 18.0 Å². The van der Waals surface area contributed by atoms with Gasteiger partial charge in [-0.15, -0.1) is 0 Å². The highest BCUT2D eigenvalue weighted by Gasteiger charge is 2.49. The van der Waals surface area contributed by atoms with Crippen molar-refractivity contribution in [2.24, 2.45) is 17.3 Å². The molecule has 1 aromatic heterocycles. The first kappa shape index (κ1) is 33.8. The lowest BCUT2D eigenvalue weighted by Gasteiger charge is -2.35. The number of ether oxygens (including phenoxy) is 3. The number of fused-ring (bicyclic) bond motifs is 5. The smallest absolute Gasteiger partial charge is 0.408 e. The van der Waals surface area contributed by atoms with Gasteiger partial charge < -0.3 is 29.2 Å². The fourth-order valence-electron chi connectivity index (χ4n) is 7.27. The molecule has 2 fully saturated rings. The molecule has 3 aliphatic rings. The van der Waals surface area contributed by atoms with Gasteiger partial charge in [-0.2, -0.15) is 0 Å². The Labute approximate surface area is 267 Å². The Morgan fingerprint density at radius 2 is 1.85 bits per heavy atom. The molecule has 0 spiro atoms. The largest absolute Gasteiger partial charge is 0.497 e. The average molecular weight is 648 g/mol. The lowest BCUT2D eigenvalue weighted by atomic mass is 9.85. The third kappa shape index (κ3) is 6.62. The van der Waals surface area contributed by atoms with Crippen molar-refractivity contribution >= 4 is 29.2 Å². The van der Waals surface area contributed by atoms with Crippen molar-refractivity contribution in [2.45, 2.75) is 109 Å². The topological polar surface area (TPSA) is 107 Å². The van der Waals surface area contributed by atoms with Crippen LogP contribution in [0.5, 0.6) is 11.6 Å². The molecule has 2 aliphatic heterocycles. The first-order valence-corrected chi connectivity index (χ1v) is 16.2. The van der Waals surface area contributed by atoms with Gasteiger partial charge in [-0.3, -0.25) is 4.79 Å². The third-order valence-electron chi connectivity index (χ3n) is 9.81. The van der Waals surface area contributed by atoms with E-state index in [9.17, 15) is 14.4 Å². The SMILES string of the molecule is CC[C@@H]1[C@@H]2CN(C(=O)[C@H](C(C)(C)C)NC(=O)O[C@@H]3CCC[C@H]3CCCCC(F)(F)c3c(nc4cc(OC)ccc4c3F)O2)[C@@H]1C=O. The van der Waals surface area contributed by atoms with Crippen LogP contribution in [0, 0.1) is 23.1 Å². The maximum Gasteiger partial charge on any atom is 0.408 e. The van der Waals surface area contributed by atoms with Gasteiger partial charge in [0.2, 0.25) is 11.8 Å². The fourth-order valence-corrected chi connectivity index (χ4v) is 7.27. The van der Waals surface area contributed by atoms with Crippen molar-refractivity contribution in [2.75, 3.05) is 13.7 Å². The maximum atomic E-state index is 16.2. The summed E-state index contributed by atoms with van der Waals surface area (Å²) in [6, 6.07) is 2.25. The van der Waals surface area contributed by atoms with Gasteiger partial charge in [-0.05, 0) is 62.0 Å². The molecule has 12 heteroatoms. The van der Waals surface area contributed by atoms with E-state index in [0.717, 1.165) is 12.8 Å². The number of pyridine rings is 1. The molecule has 252 valence electrons. The normalized spacial score (nSPS) is 29.1. The van der Waals surface area contributed by atoms with Gasteiger partial charge in [-0.25, -0.2) is 22.9 Å². The highest BCUT2D eigenvalue weighted by Crippen LogP contribution is 2.44. The molecular formula is C34H44F3N3O6. The number of alkyl halides is 2. The quantitative estimate of drug-likeness (QED) is 0.377. The molecule has 2 bridgehead atoms. The van der Waals surface area contributed by atoms with Crippen LogP contribution in [-0.2, 0) is 20.2 Å². The van der Waals surface area contributed by atoms with Crippen molar-refractivity contribution in [3.63, 3.8) is 0 Å². The summed E-state index contributed by atoms with van der Waals surface area (Å²) in [4.78, 5) is 45.5. The minimum atomic E-state index is -3.63. The molecule has 1 saturated heterocycles. The second-order valence-corrected chi connectivity index (χ2v) is 13.9. The Morgan fingerprint density at radius 3 is 2.52 bits per heavy atom. The van der Waals surface area contributed by atoms with Crippen LogP contribution in [-0.4, -0.2) is 66.1 Å². The number of aromatic nitrogens is 1. The second-order valence-electron chi connectivity index (χ2n) is 13.9. The Hall–Kier alpha value is -3.57. The summed E-state index contributed by atoms with van der Waals surface area (Å²) in [5, 5.41) is 2.67. The van der Waals surface area contributed by atoms with E-state index in [1.54, 1.807) is 27.7 Å². The number of rotatable bonds is 3. The van der Waals surface area contributed by atoms with Crippen LogP contribution in [0.25, 0.3) is 10.9 Å². The van der Waals surface area contributed by atoms with Gasteiger partial charge in [0.25, 0.3) is 5.92 Å². The molecule has 0 radical (unpaired) electrons. The number of amides is 2. The zero-order valence-electron chi connectivity index (χ0n) is 27.1. The predicted octanol–water partition coefficient (Wildman–Crippen LogP) is 6.54. The van der Waals surface area contributed by atoms with E-state index in [2.05, 4.69) is 10.3 Å². The predicted molar refractivity (Wildman–Crippen MR) is 164 cm³/mol. The molecule has 0 unspecified atom stereocenters. The number of hydrogen-bond donors (Lipinski definition) is 1. The summed E-state index contributed by atoms with van der Waals surface area (Å²) < 4.78 is 65.6. The van der Waals surface area contributed by atoms with Crippen molar-refractivity contribution in [1.29, 1.82) is 0 Å². The summed E-state index contributed by atoms with van der Waals surface area (Å²) in [5.41, 5.74) is -1.63. The zero-order chi connectivity index (χ0) is 33.4. The van der Waals surface area contributed by atoms with Crippen LogP contribution >= 0.6 is 0 Å². The first-order chi connectivity index (χ1) is 21.8. The van der Waals surface area contributed by atoms with Crippen molar-refractivity contribution < 1.29 is 41.8 Å². The Kier molecular flexibility index (Phi) is 9.75. The number of aldehydes is 1. The summed E-state index contributed by atoms with van der Waals surface area (Å²) in [7, 11) is 1.43. The van der Waals surface area contributed by atoms with E-state index in [0.29, 0.717) is 37.7 Å². The molecule has 6 atom stereocenters. The minimum absolute atomic E-state index is 0.0147. The summed E-state index contributed by atoms with van der Waals surface area (Å²) in [5.74, 6) is -6.12. The Balaban J connectivity index is 1.61. The molecule has 1 aromatic carbocycles. The van der Waals surface area contributed by atoms with Gasteiger partial charge in [0.15, 0.2) is 0 Å². The number of hydrogen-bond acceptors (Lipinski definition) is 7. The van der Waals surface area contributed by atoms with Crippen molar-refractivity contribution in [1.82, 2.24) is 15.2 Å². The number of alkyl carbamates (subject to hydrolysis) is 1. The van der Waals surface area contributed by atoms with E-state index in [4.69, 9.17) is 14.2 Å². The van der Waals surface area contributed by atoms with Gasteiger partial charge in [0.05, 0.1) is 25.2 Å². The summed E-state index contributed by atoms with van der Waals surface area (Å²) >= 11 is 0. The molecule has 1 saturated carbocycles. The van der Waals surface area contributed by atoms with Crippen molar-refractivity contribution in [3.05, 3.63) is 29.6 Å². The molecule has 46 heavy (non-hydrogen) atoms. The molecule has 9 nitrogen and oxygen atoms in total. The molecule has 2 aromatic rings. The van der Waals surface area contributed by atoms with Crippen LogP contribution in [0.3, 0.4) is 0 Å². The van der Waals surface area contributed by atoms with Crippen LogP contribution < -0.4 is 14.8 Å². The highest BCUT2D eigenvalue weighted by molar-refractivity contribution is 5.89. The molecule has 5 rings (SSSR count). The lowest BCUT2D eigenvalue weighted by molar-refractivity contribution is -0.139. The van der Waals surface area contributed by atoms with E-state index in [1.165, 1.54) is 30.2 Å². The van der Waals surface area contributed by atoms with Gasteiger partial charge in [0.1, 0.15) is 41.7 Å². The van der Waals surface area contributed by atoms with Crippen LogP contribution in [0.1, 0.15) is 84.6 Å². The fraction of sp³-hybridized carbons (Fsp3) is 0.647.